The van der Waals surface area contributed by atoms with Crippen LogP contribution in [0.2, 0.25) is 0 Å². The molecule has 0 aliphatic rings. The Bertz CT molecular complexity index is 672. The van der Waals surface area contributed by atoms with Gasteiger partial charge in [0.2, 0.25) is 11.8 Å². The number of amides is 1. The summed E-state index contributed by atoms with van der Waals surface area (Å²) in [6.07, 6.45) is 2.67. The van der Waals surface area contributed by atoms with Gasteiger partial charge in [0.25, 0.3) is 0 Å². The first kappa shape index (κ1) is 14.4. The van der Waals surface area contributed by atoms with Crippen LogP contribution in [0, 0.1) is 5.41 Å². The first-order valence-corrected chi connectivity index (χ1v) is 6.18. The molecule has 0 atom stereocenters. The molecule has 0 radical (unpaired) electrons. The highest BCUT2D eigenvalue weighted by Gasteiger charge is 2.06. The molecule has 108 valence electrons. The smallest absolute Gasteiger partial charge is 0.222 e. The van der Waals surface area contributed by atoms with Gasteiger partial charge in [-0.25, -0.2) is 4.98 Å². The predicted octanol–water partition coefficient (Wildman–Crippen LogP) is 2.18. The maximum Gasteiger partial charge on any atom is 0.222 e. The zero-order valence-electron chi connectivity index (χ0n) is 11.7. The molecule has 0 fully saturated rings. The van der Waals surface area contributed by atoms with Gasteiger partial charge in [0.1, 0.15) is 11.6 Å². The predicted molar refractivity (Wildman–Crippen MR) is 80.5 cm³/mol. The van der Waals surface area contributed by atoms with E-state index in [0.29, 0.717) is 28.8 Å². The summed E-state index contributed by atoms with van der Waals surface area (Å²) in [6, 6.07) is 6.95. The van der Waals surface area contributed by atoms with Crippen LogP contribution >= 0.6 is 0 Å². The van der Waals surface area contributed by atoms with Gasteiger partial charge in [-0.05, 0) is 6.07 Å². The molecule has 21 heavy (non-hydrogen) atoms. The normalized spacial score (nSPS) is 9.81. The molecule has 0 spiro atoms. The minimum Gasteiger partial charge on any atom is -0.481 e. The number of rotatable bonds is 5. The van der Waals surface area contributed by atoms with Crippen molar-refractivity contribution in [1.82, 2.24) is 9.97 Å². The molecule has 0 aliphatic carbocycles. The Morgan fingerprint density at radius 1 is 1.38 bits per heavy atom. The Hall–Kier alpha value is -2.96. The van der Waals surface area contributed by atoms with E-state index in [1.807, 2.05) is 0 Å². The van der Waals surface area contributed by atoms with E-state index in [2.05, 4.69) is 20.6 Å². The lowest BCUT2D eigenvalue weighted by atomic mass is 10.2. The monoisotopic (exact) mass is 285 g/mol. The van der Waals surface area contributed by atoms with Crippen molar-refractivity contribution in [3.8, 4) is 5.88 Å². The topological polar surface area (TPSA) is 100.0 Å². The number of ether oxygens (including phenoxy) is 1. The lowest BCUT2D eigenvalue weighted by Gasteiger charge is -2.11. The summed E-state index contributed by atoms with van der Waals surface area (Å²) in [5, 5.41) is 13.1. The van der Waals surface area contributed by atoms with Crippen molar-refractivity contribution in [3.05, 3.63) is 36.0 Å². The zero-order valence-corrected chi connectivity index (χ0v) is 11.7. The van der Waals surface area contributed by atoms with Crippen LogP contribution in [0.1, 0.15) is 12.5 Å². The minimum absolute atomic E-state index is 0.212. The highest BCUT2D eigenvalue weighted by molar-refractivity contribution is 5.91. The van der Waals surface area contributed by atoms with Gasteiger partial charge in [-0.2, -0.15) is 4.98 Å². The SMILES string of the molecule is COc1cccc(Nc2cc(NC(C)=O)ncc2C=N)n1. The third kappa shape index (κ3) is 3.75. The first-order valence-electron chi connectivity index (χ1n) is 6.18. The van der Waals surface area contributed by atoms with Crippen LogP contribution in [-0.4, -0.2) is 29.2 Å². The van der Waals surface area contributed by atoms with E-state index in [1.54, 1.807) is 24.3 Å². The minimum atomic E-state index is -0.212. The molecule has 7 nitrogen and oxygen atoms in total. The average Bonchev–Trinajstić information content (AvgIpc) is 2.47. The Balaban J connectivity index is 2.31. The Morgan fingerprint density at radius 3 is 2.86 bits per heavy atom. The molecule has 3 N–H and O–H groups in total. The Morgan fingerprint density at radius 2 is 2.19 bits per heavy atom. The van der Waals surface area contributed by atoms with E-state index in [1.165, 1.54) is 26.4 Å². The van der Waals surface area contributed by atoms with Crippen molar-refractivity contribution in [2.75, 3.05) is 17.7 Å². The van der Waals surface area contributed by atoms with Crippen LogP contribution in [-0.2, 0) is 4.79 Å². The van der Waals surface area contributed by atoms with Gasteiger partial charge < -0.3 is 20.8 Å². The lowest BCUT2D eigenvalue weighted by molar-refractivity contribution is -0.114. The van der Waals surface area contributed by atoms with Gasteiger partial charge >= 0.3 is 0 Å². The second-order valence-corrected chi connectivity index (χ2v) is 4.17. The van der Waals surface area contributed by atoms with Crippen molar-refractivity contribution in [3.63, 3.8) is 0 Å². The highest BCUT2D eigenvalue weighted by Crippen LogP contribution is 2.22. The summed E-state index contributed by atoms with van der Waals surface area (Å²) in [4.78, 5) is 19.4. The van der Waals surface area contributed by atoms with Gasteiger partial charge in [-0.1, -0.05) is 6.07 Å². The van der Waals surface area contributed by atoms with Crippen molar-refractivity contribution in [2.24, 2.45) is 0 Å². The lowest BCUT2D eigenvalue weighted by Crippen LogP contribution is -2.08. The number of nitrogens with zero attached hydrogens (tertiary/aromatic N) is 2. The quantitative estimate of drug-likeness (QED) is 0.731. The molecular formula is C14H15N5O2. The average molecular weight is 285 g/mol. The van der Waals surface area contributed by atoms with E-state index >= 15 is 0 Å². The molecular weight excluding hydrogens is 270 g/mol. The van der Waals surface area contributed by atoms with E-state index in [4.69, 9.17) is 10.1 Å². The first-order chi connectivity index (χ1) is 10.1. The fraction of sp³-hybridized carbons (Fsp3) is 0.143. The molecule has 2 aromatic heterocycles. The molecule has 0 bridgehead atoms. The molecule has 0 saturated carbocycles. The third-order valence-electron chi connectivity index (χ3n) is 2.59. The van der Waals surface area contributed by atoms with Crippen LogP contribution < -0.4 is 15.4 Å². The third-order valence-corrected chi connectivity index (χ3v) is 2.59. The molecule has 2 aromatic rings. The van der Waals surface area contributed by atoms with Gasteiger partial charge in [0.05, 0.1) is 12.8 Å². The Labute approximate surface area is 121 Å². The number of pyridine rings is 2. The number of carbonyl (C=O) groups is 1. The Kier molecular flexibility index (Phi) is 4.45. The molecule has 0 aliphatic heterocycles. The van der Waals surface area contributed by atoms with Crippen LogP contribution in [0.15, 0.2) is 30.5 Å². The van der Waals surface area contributed by atoms with E-state index in [0.717, 1.165) is 0 Å². The van der Waals surface area contributed by atoms with E-state index < -0.39 is 0 Å². The summed E-state index contributed by atoms with van der Waals surface area (Å²) in [5.74, 6) is 1.24. The van der Waals surface area contributed by atoms with Gasteiger partial charge in [-0.15, -0.1) is 0 Å². The molecule has 0 unspecified atom stereocenters. The molecule has 2 heterocycles. The number of hydrogen-bond donors (Lipinski definition) is 3. The summed E-state index contributed by atoms with van der Waals surface area (Å²) in [7, 11) is 1.54. The number of hydrogen-bond acceptors (Lipinski definition) is 6. The maximum atomic E-state index is 11.1. The molecule has 2 rings (SSSR count). The molecule has 0 aromatic carbocycles. The number of methoxy groups -OCH3 is 1. The maximum absolute atomic E-state index is 11.1. The molecule has 7 heteroatoms. The van der Waals surface area contributed by atoms with Gasteiger partial charge in [0.15, 0.2) is 0 Å². The molecule has 0 saturated heterocycles. The fourth-order valence-corrected chi connectivity index (χ4v) is 1.67. The highest BCUT2D eigenvalue weighted by atomic mass is 16.5. The summed E-state index contributed by atoms with van der Waals surface area (Å²) >= 11 is 0. The summed E-state index contributed by atoms with van der Waals surface area (Å²) < 4.78 is 5.06. The second kappa shape index (κ2) is 6.47. The van der Waals surface area contributed by atoms with Gasteiger partial charge in [0, 0.05) is 37.0 Å². The van der Waals surface area contributed by atoms with Gasteiger partial charge in [-0.3, -0.25) is 4.79 Å². The van der Waals surface area contributed by atoms with E-state index in [9.17, 15) is 4.79 Å². The second-order valence-electron chi connectivity index (χ2n) is 4.17. The number of nitrogens with one attached hydrogen (secondary N) is 3. The van der Waals surface area contributed by atoms with Crippen molar-refractivity contribution in [2.45, 2.75) is 6.92 Å². The zero-order chi connectivity index (χ0) is 15.2. The number of anilines is 3. The number of carbonyl (C=O) groups excluding carboxylic acids is 1. The van der Waals surface area contributed by atoms with Crippen LogP contribution in [0.5, 0.6) is 5.88 Å². The van der Waals surface area contributed by atoms with E-state index in [-0.39, 0.29) is 5.91 Å². The van der Waals surface area contributed by atoms with Crippen LogP contribution in [0.4, 0.5) is 17.3 Å². The van der Waals surface area contributed by atoms with Crippen molar-refractivity contribution in [1.29, 1.82) is 5.41 Å². The van der Waals surface area contributed by atoms with Crippen molar-refractivity contribution < 1.29 is 9.53 Å². The van der Waals surface area contributed by atoms with Crippen LogP contribution in [0.3, 0.4) is 0 Å². The van der Waals surface area contributed by atoms with Crippen LogP contribution in [0.25, 0.3) is 0 Å². The van der Waals surface area contributed by atoms with Crippen molar-refractivity contribution >= 4 is 29.4 Å². The molecule has 1 amide bonds. The summed E-state index contributed by atoms with van der Waals surface area (Å²) in [6.45, 7) is 1.41. The summed E-state index contributed by atoms with van der Waals surface area (Å²) in [5.41, 5.74) is 1.19. The largest absolute Gasteiger partial charge is 0.481 e. The fourth-order valence-electron chi connectivity index (χ4n) is 1.67. The standard InChI is InChI=1S/C14H15N5O2/c1-9(20)17-13-6-11(10(7-15)8-16-13)18-12-4-3-5-14(19-12)21-2/h3-8,15H,1-2H3,(H2,16,17,18,19,20). The number of aromatic nitrogens is 2.